The average molecular weight is 589 g/mol. The molecule has 1 saturated heterocycles. The van der Waals surface area contributed by atoms with E-state index < -0.39 is 0 Å². The van der Waals surface area contributed by atoms with Crippen LogP contribution < -0.4 is 24.3 Å². The SMILES string of the molecule is CCOc1cc(/C=C2\SC(Nc3ccccc3)N([C@@H]3CCCC[C@@H]3C)C2=O)ccc1OCc1cc(OC)ccc1OC. The van der Waals surface area contributed by atoms with E-state index >= 15 is 0 Å². The lowest BCUT2D eigenvalue weighted by Crippen LogP contribution is -2.48. The number of ether oxygens (including phenoxy) is 4. The summed E-state index contributed by atoms with van der Waals surface area (Å²) in [7, 11) is 3.27. The smallest absolute Gasteiger partial charge is 0.262 e. The number of hydrogen-bond donors (Lipinski definition) is 1. The van der Waals surface area contributed by atoms with Gasteiger partial charge < -0.3 is 29.2 Å². The minimum Gasteiger partial charge on any atom is -0.497 e. The number of thioether (sulfide) groups is 1. The van der Waals surface area contributed by atoms with Crippen molar-refractivity contribution < 1.29 is 23.7 Å². The molecule has 1 amide bonds. The molecule has 3 aromatic carbocycles. The largest absolute Gasteiger partial charge is 0.497 e. The van der Waals surface area contributed by atoms with Crippen molar-refractivity contribution in [3.05, 3.63) is 82.8 Å². The number of anilines is 1. The summed E-state index contributed by atoms with van der Waals surface area (Å²) in [5, 5.41) is 3.61. The molecule has 0 radical (unpaired) electrons. The zero-order valence-electron chi connectivity index (χ0n) is 24.8. The molecule has 1 heterocycles. The monoisotopic (exact) mass is 588 g/mol. The number of nitrogens with one attached hydrogen (secondary N) is 1. The summed E-state index contributed by atoms with van der Waals surface area (Å²) in [6, 6.07) is 21.8. The first-order chi connectivity index (χ1) is 20.5. The van der Waals surface area contributed by atoms with Crippen LogP contribution in [-0.4, -0.2) is 43.2 Å². The maximum atomic E-state index is 13.9. The Balaban J connectivity index is 1.39. The highest BCUT2D eigenvalue weighted by Crippen LogP contribution is 2.43. The van der Waals surface area contributed by atoms with Crippen LogP contribution in [-0.2, 0) is 11.4 Å². The van der Waals surface area contributed by atoms with Crippen LogP contribution in [0, 0.1) is 5.92 Å². The second-order valence-corrected chi connectivity index (χ2v) is 11.8. The Morgan fingerprint density at radius 1 is 0.929 bits per heavy atom. The second-order valence-electron chi connectivity index (χ2n) is 10.6. The van der Waals surface area contributed by atoms with E-state index in [0.29, 0.717) is 24.0 Å². The third-order valence-corrected chi connectivity index (χ3v) is 8.97. The summed E-state index contributed by atoms with van der Waals surface area (Å²) in [6.07, 6.45) is 6.54. The predicted molar refractivity (Wildman–Crippen MR) is 169 cm³/mol. The van der Waals surface area contributed by atoms with E-state index in [1.165, 1.54) is 6.42 Å². The van der Waals surface area contributed by atoms with E-state index in [0.717, 1.165) is 52.5 Å². The number of hydrogen-bond acceptors (Lipinski definition) is 7. The zero-order valence-corrected chi connectivity index (χ0v) is 25.6. The summed E-state index contributed by atoms with van der Waals surface area (Å²) in [5.74, 6) is 3.25. The van der Waals surface area contributed by atoms with Crippen molar-refractivity contribution in [2.24, 2.45) is 5.92 Å². The molecule has 1 N–H and O–H groups in total. The van der Waals surface area contributed by atoms with Crippen molar-refractivity contribution in [3.8, 4) is 23.0 Å². The lowest BCUT2D eigenvalue weighted by Gasteiger charge is -2.39. The van der Waals surface area contributed by atoms with Crippen LogP contribution in [0.3, 0.4) is 0 Å². The first-order valence-electron chi connectivity index (χ1n) is 14.6. The summed E-state index contributed by atoms with van der Waals surface area (Å²) in [5.41, 5.74) is 2.60. The number of carbonyl (C=O) groups is 1. The molecular weight excluding hydrogens is 548 g/mol. The molecule has 0 bridgehead atoms. The lowest BCUT2D eigenvalue weighted by molar-refractivity contribution is -0.129. The van der Waals surface area contributed by atoms with Crippen molar-refractivity contribution in [1.82, 2.24) is 4.90 Å². The van der Waals surface area contributed by atoms with Gasteiger partial charge in [-0.1, -0.05) is 55.8 Å². The molecule has 0 aromatic heterocycles. The van der Waals surface area contributed by atoms with Gasteiger partial charge in [0.05, 0.1) is 25.7 Å². The molecule has 2 fully saturated rings. The van der Waals surface area contributed by atoms with Crippen molar-refractivity contribution in [1.29, 1.82) is 0 Å². The molecule has 42 heavy (non-hydrogen) atoms. The Morgan fingerprint density at radius 3 is 2.45 bits per heavy atom. The zero-order chi connectivity index (χ0) is 29.5. The van der Waals surface area contributed by atoms with Gasteiger partial charge in [0, 0.05) is 17.3 Å². The minimum atomic E-state index is -0.163. The van der Waals surface area contributed by atoms with Crippen molar-refractivity contribution in [3.63, 3.8) is 0 Å². The Morgan fingerprint density at radius 2 is 1.71 bits per heavy atom. The third-order valence-electron chi connectivity index (χ3n) is 7.86. The van der Waals surface area contributed by atoms with Crippen molar-refractivity contribution >= 4 is 29.4 Å². The summed E-state index contributed by atoms with van der Waals surface area (Å²) in [6.45, 7) is 5.00. The second kappa shape index (κ2) is 13.9. The molecule has 5 rings (SSSR count). The van der Waals surface area contributed by atoms with Crippen LogP contribution in [0.1, 0.15) is 50.7 Å². The average Bonchev–Trinajstić information content (AvgIpc) is 3.30. The van der Waals surface area contributed by atoms with E-state index in [1.54, 1.807) is 26.0 Å². The number of benzene rings is 3. The summed E-state index contributed by atoms with van der Waals surface area (Å²) < 4.78 is 23.0. The highest BCUT2D eigenvalue weighted by Gasteiger charge is 2.42. The first kappa shape index (κ1) is 29.7. The van der Waals surface area contributed by atoms with Gasteiger partial charge in [0.15, 0.2) is 17.0 Å². The van der Waals surface area contributed by atoms with Gasteiger partial charge in [-0.15, -0.1) is 0 Å². The van der Waals surface area contributed by atoms with E-state index in [9.17, 15) is 4.79 Å². The summed E-state index contributed by atoms with van der Waals surface area (Å²) >= 11 is 1.58. The molecule has 222 valence electrons. The normalized spacial score (nSPS) is 21.3. The number of nitrogens with zero attached hydrogens (tertiary/aromatic N) is 1. The van der Waals surface area contributed by atoms with Gasteiger partial charge in [0.2, 0.25) is 0 Å². The van der Waals surface area contributed by atoms with Gasteiger partial charge in [-0.25, -0.2) is 0 Å². The van der Waals surface area contributed by atoms with Gasteiger partial charge >= 0.3 is 0 Å². The van der Waals surface area contributed by atoms with E-state index in [2.05, 4.69) is 17.1 Å². The number of amides is 1. The Hall–Kier alpha value is -3.78. The Kier molecular flexibility index (Phi) is 9.85. The van der Waals surface area contributed by atoms with Gasteiger partial charge in [-0.05, 0) is 79.8 Å². The number of methoxy groups -OCH3 is 2. The lowest BCUT2D eigenvalue weighted by atomic mass is 9.85. The standard InChI is InChI=1S/C34H40N2O5S/c1-5-40-31-19-24(15-17-30(31)41-22-25-21-27(38-3)16-18-29(25)39-4)20-32-33(37)36(28-14-10-9-11-23(28)2)34(42-32)35-26-12-7-6-8-13-26/h6-8,12-13,15-21,23,28,34-35H,5,9-11,14,22H2,1-4H3/b32-20-/t23-,28+,34?/m0/s1. The third kappa shape index (κ3) is 6.81. The minimum absolute atomic E-state index is 0.0792. The highest BCUT2D eigenvalue weighted by atomic mass is 32.2. The summed E-state index contributed by atoms with van der Waals surface area (Å²) in [4.78, 5) is 16.7. The maximum absolute atomic E-state index is 13.9. The van der Waals surface area contributed by atoms with Gasteiger partial charge in [-0.2, -0.15) is 0 Å². The van der Waals surface area contributed by atoms with Crippen LogP contribution in [0.4, 0.5) is 5.69 Å². The van der Waals surface area contributed by atoms with Gasteiger partial charge in [0.1, 0.15) is 18.1 Å². The van der Waals surface area contributed by atoms with E-state index in [4.69, 9.17) is 18.9 Å². The van der Waals surface area contributed by atoms with Gasteiger partial charge in [-0.3, -0.25) is 4.79 Å². The fourth-order valence-electron chi connectivity index (χ4n) is 5.67. The van der Waals surface area contributed by atoms with E-state index in [-0.39, 0.29) is 24.1 Å². The predicted octanol–water partition coefficient (Wildman–Crippen LogP) is 7.57. The molecule has 2 aliphatic rings. The van der Waals surface area contributed by atoms with Crippen LogP contribution in [0.25, 0.3) is 6.08 Å². The van der Waals surface area contributed by atoms with Crippen LogP contribution in [0.2, 0.25) is 0 Å². The number of carbonyl (C=O) groups excluding carboxylic acids is 1. The molecule has 7 nitrogen and oxygen atoms in total. The molecule has 1 unspecified atom stereocenters. The van der Waals surface area contributed by atoms with Gasteiger partial charge in [0.25, 0.3) is 5.91 Å². The Labute approximate surface area is 253 Å². The Bertz CT molecular complexity index is 1400. The van der Waals surface area contributed by atoms with Crippen LogP contribution in [0.15, 0.2) is 71.6 Å². The quantitative estimate of drug-likeness (QED) is 0.232. The highest BCUT2D eigenvalue weighted by molar-refractivity contribution is 8.05. The molecule has 1 aliphatic carbocycles. The number of para-hydroxylation sites is 1. The fraction of sp³-hybridized carbons (Fsp3) is 0.382. The molecule has 8 heteroatoms. The van der Waals surface area contributed by atoms with Crippen molar-refractivity contribution in [2.75, 3.05) is 26.1 Å². The molecule has 0 spiro atoms. The van der Waals surface area contributed by atoms with Crippen LogP contribution >= 0.6 is 11.8 Å². The molecule has 1 saturated carbocycles. The number of rotatable bonds is 11. The molecular formula is C34H40N2O5S. The van der Waals surface area contributed by atoms with Crippen LogP contribution in [0.5, 0.6) is 23.0 Å². The maximum Gasteiger partial charge on any atom is 0.262 e. The fourth-order valence-corrected chi connectivity index (χ4v) is 6.88. The topological polar surface area (TPSA) is 69.3 Å². The van der Waals surface area contributed by atoms with E-state index in [1.807, 2.05) is 79.7 Å². The molecule has 1 aliphatic heterocycles. The first-order valence-corrected chi connectivity index (χ1v) is 15.5. The molecule has 3 atom stereocenters. The molecule has 3 aromatic rings. The van der Waals surface area contributed by atoms with Crippen molar-refractivity contribution in [2.45, 2.75) is 57.7 Å².